The Kier molecular flexibility index (Phi) is 4.87. The monoisotopic (exact) mass is 303 g/mol. The Labute approximate surface area is 131 Å². The number of rotatable bonds is 5. The first-order valence-corrected chi connectivity index (χ1v) is 8.32. The Morgan fingerprint density at radius 3 is 2.86 bits per heavy atom. The standard InChI is InChI=1S/C16H25N5O/c17-16(22)14-9-18-10-15(20-14)19-8-12-6-7-21(11-12)13-4-2-1-3-5-13/h9-10,12-13H,1-8,11H2,(H2,17,22)(H,19,20)/t12-/m0/s1. The Morgan fingerprint density at radius 2 is 2.09 bits per heavy atom. The lowest BCUT2D eigenvalue weighted by Crippen LogP contribution is -2.35. The lowest BCUT2D eigenvalue weighted by atomic mass is 9.94. The van der Waals surface area contributed by atoms with E-state index >= 15 is 0 Å². The van der Waals surface area contributed by atoms with Gasteiger partial charge in [-0.2, -0.15) is 0 Å². The van der Waals surface area contributed by atoms with Crippen LogP contribution in [0.5, 0.6) is 0 Å². The van der Waals surface area contributed by atoms with Gasteiger partial charge in [0, 0.05) is 19.1 Å². The second kappa shape index (κ2) is 7.05. The van der Waals surface area contributed by atoms with Crippen LogP contribution in [0, 0.1) is 5.92 Å². The topological polar surface area (TPSA) is 84.1 Å². The van der Waals surface area contributed by atoms with Gasteiger partial charge in [0.1, 0.15) is 11.5 Å². The van der Waals surface area contributed by atoms with Crippen molar-refractivity contribution in [3.05, 3.63) is 18.1 Å². The Bertz CT molecular complexity index is 515. The summed E-state index contributed by atoms with van der Waals surface area (Å²) in [6, 6.07) is 0.803. The van der Waals surface area contributed by atoms with E-state index in [0.29, 0.717) is 11.7 Å². The van der Waals surface area contributed by atoms with Crippen LogP contribution in [-0.2, 0) is 0 Å². The van der Waals surface area contributed by atoms with Gasteiger partial charge in [-0.25, -0.2) is 4.98 Å². The molecule has 6 nitrogen and oxygen atoms in total. The summed E-state index contributed by atoms with van der Waals surface area (Å²) >= 11 is 0. The number of nitrogens with one attached hydrogen (secondary N) is 1. The zero-order valence-corrected chi connectivity index (χ0v) is 13.0. The normalized spacial score (nSPS) is 23.5. The molecule has 1 aliphatic carbocycles. The summed E-state index contributed by atoms with van der Waals surface area (Å²) in [6.45, 7) is 3.25. The fourth-order valence-electron chi connectivity index (χ4n) is 3.63. The molecule has 120 valence electrons. The first kappa shape index (κ1) is 15.2. The van der Waals surface area contributed by atoms with E-state index in [1.54, 1.807) is 6.20 Å². The van der Waals surface area contributed by atoms with Crippen molar-refractivity contribution in [2.24, 2.45) is 11.7 Å². The van der Waals surface area contributed by atoms with Gasteiger partial charge in [-0.3, -0.25) is 9.78 Å². The minimum absolute atomic E-state index is 0.209. The van der Waals surface area contributed by atoms with E-state index in [2.05, 4.69) is 20.2 Å². The molecular formula is C16H25N5O. The molecule has 1 amide bonds. The van der Waals surface area contributed by atoms with Gasteiger partial charge in [0.25, 0.3) is 5.91 Å². The first-order chi connectivity index (χ1) is 10.7. The molecule has 1 aromatic rings. The van der Waals surface area contributed by atoms with Crippen LogP contribution in [-0.4, -0.2) is 46.5 Å². The number of amides is 1. The van der Waals surface area contributed by atoms with Gasteiger partial charge in [0.15, 0.2) is 0 Å². The predicted molar refractivity (Wildman–Crippen MR) is 85.6 cm³/mol. The number of hydrogen-bond acceptors (Lipinski definition) is 5. The molecule has 1 saturated carbocycles. The van der Waals surface area contributed by atoms with Crippen molar-refractivity contribution >= 4 is 11.7 Å². The summed E-state index contributed by atoms with van der Waals surface area (Å²) in [5.74, 6) is 0.730. The van der Waals surface area contributed by atoms with E-state index in [0.717, 1.165) is 12.6 Å². The first-order valence-electron chi connectivity index (χ1n) is 8.32. The fourth-order valence-corrected chi connectivity index (χ4v) is 3.63. The Morgan fingerprint density at radius 1 is 1.27 bits per heavy atom. The highest BCUT2D eigenvalue weighted by Crippen LogP contribution is 2.27. The predicted octanol–water partition coefficient (Wildman–Crippen LogP) is 1.64. The lowest BCUT2D eigenvalue weighted by Gasteiger charge is -2.31. The number of anilines is 1. The highest BCUT2D eigenvalue weighted by atomic mass is 16.1. The quantitative estimate of drug-likeness (QED) is 0.864. The van der Waals surface area contributed by atoms with Crippen LogP contribution in [0.4, 0.5) is 5.82 Å². The van der Waals surface area contributed by atoms with E-state index in [9.17, 15) is 4.79 Å². The molecule has 2 fully saturated rings. The fraction of sp³-hybridized carbons (Fsp3) is 0.688. The molecule has 0 unspecified atom stereocenters. The lowest BCUT2D eigenvalue weighted by molar-refractivity contribution is 0.0995. The van der Waals surface area contributed by atoms with Gasteiger partial charge in [0.2, 0.25) is 0 Å². The van der Waals surface area contributed by atoms with Gasteiger partial charge in [-0.05, 0) is 31.7 Å². The molecule has 1 aliphatic heterocycles. The molecule has 3 rings (SSSR count). The number of carbonyl (C=O) groups is 1. The zero-order valence-electron chi connectivity index (χ0n) is 13.0. The third-order valence-corrected chi connectivity index (χ3v) is 4.87. The number of primary amides is 1. The van der Waals surface area contributed by atoms with E-state index in [1.807, 2.05) is 0 Å². The smallest absolute Gasteiger partial charge is 0.268 e. The van der Waals surface area contributed by atoms with Gasteiger partial charge in [0.05, 0.1) is 12.4 Å². The maximum absolute atomic E-state index is 11.1. The Balaban J connectivity index is 1.48. The van der Waals surface area contributed by atoms with Crippen molar-refractivity contribution in [2.45, 2.75) is 44.6 Å². The molecule has 22 heavy (non-hydrogen) atoms. The molecule has 2 aliphatic rings. The summed E-state index contributed by atoms with van der Waals surface area (Å²) in [7, 11) is 0. The van der Waals surface area contributed by atoms with Gasteiger partial charge < -0.3 is 16.0 Å². The Hall–Kier alpha value is -1.69. The number of nitrogens with two attached hydrogens (primary N) is 1. The van der Waals surface area contributed by atoms with Crippen LogP contribution in [0.15, 0.2) is 12.4 Å². The van der Waals surface area contributed by atoms with Gasteiger partial charge >= 0.3 is 0 Å². The van der Waals surface area contributed by atoms with Crippen molar-refractivity contribution in [3.8, 4) is 0 Å². The molecule has 3 N–H and O–H groups in total. The van der Waals surface area contributed by atoms with E-state index in [1.165, 1.54) is 57.8 Å². The van der Waals surface area contributed by atoms with Crippen molar-refractivity contribution in [2.75, 3.05) is 25.0 Å². The average Bonchev–Trinajstić information content (AvgIpc) is 3.03. The molecule has 6 heteroatoms. The molecule has 1 saturated heterocycles. The molecule has 0 bridgehead atoms. The highest BCUT2D eigenvalue weighted by molar-refractivity contribution is 5.90. The molecule has 1 aromatic heterocycles. The van der Waals surface area contributed by atoms with E-state index < -0.39 is 5.91 Å². The van der Waals surface area contributed by atoms with Crippen molar-refractivity contribution in [1.82, 2.24) is 14.9 Å². The summed E-state index contributed by atoms with van der Waals surface area (Å²) in [6.07, 6.45) is 11.2. The number of carbonyl (C=O) groups excluding carboxylic acids is 1. The van der Waals surface area contributed by atoms with Crippen LogP contribution >= 0.6 is 0 Å². The summed E-state index contributed by atoms with van der Waals surface area (Å²) < 4.78 is 0. The average molecular weight is 303 g/mol. The SMILES string of the molecule is NC(=O)c1cncc(NC[C@@H]2CCN(C3CCCCC3)C2)n1. The van der Waals surface area contributed by atoms with Crippen molar-refractivity contribution < 1.29 is 4.79 Å². The van der Waals surface area contributed by atoms with Crippen molar-refractivity contribution in [3.63, 3.8) is 0 Å². The summed E-state index contributed by atoms with van der Waals surface area (Å²) in [5, 5.41) is 3.30. The molecule has 1 atom stereocenters. The third-order valence-electron chi connectivity index (χ3n) is 4.87. The summed E-state index contributed by atoms with van der Waals surface area (Å²) in [5.41, 5.74) is 5.43. The van der Waals surface area contributed by atoms with E-state index in [4.69, 9.17) is 5.73 Å². The second-order valence-corrected chi connectivity index (χ2v) is 6.48. The van der Waals surface area contributed by atoms with Crippen LogP contribution in [0.2, 0.25) is 0 Å². The van der Waals surface area contributed by atoms with Gasteiger partial charge in [-0.15, -0.1) is 0 Å². The molecular weight excluding hydrogens is 278 g/mol. The maximum atomic E-state index is 11.1. The second-order valence-electron chi connectivity index (χ2n) is 6.48. The highest BCUT2D eigenvalue weighted by Gasteiger charge is 2.28. The summed E-state index contributed by atoms with van der Waals surface area (Å²) in [4.78, 5) is 22.0. The minimum Gasteiger partial charge on any atom is -0.368 e. The maximum Gasteiger partial charge on any atom is 0.268 e. The third kappa shape index (κ3) is 3.74. The number of nitrogens with zero attached hydrogens (tertiary/aromatic N) is 3. The molecule has 2 heterocycles. The molecule has 0 radical (unpaired) electrons. The van der Waals surface area contributed by atoms with Crippen LogP contribution in [0.3, 0.4) is 0 Å². The van der Waals surface area contributed by atoms with Crippen molar-refractivity contribution in [1.29, 1.82) is 0 Å². The zero-order chi connectivity index (χ0) is 15.4. The van der Waals surface area contributed by atoms with Crippen LogP contribution in [0.1, 0.15) is 49.0 Å². The van der Waals surface area contributed by atoms with Gasteiger partial charge in [-0.1, -0.05) is 19.3 Å². The number of hydrogen-bond donors (Lipinski definition) is 2. The molecule has 0 spiro atoms. The largest absolute Gasteiger partial charge is 0.368 e. The molecule has 0 aromatic carbocycles. The minimum atomic E-state index is -0.541. The van der Waals surface area contributed by atoms with Crippen LogP contribution in [0.25, 0.3) is 0 Å². The number of likely N-dealkylation sites (tertiary alicyclic amines) is 1. The number of aromatic nitrogens is 2. The van der Waals surface area contributed by atoms with E-state index in [-0.39, 0.29) is 5.69 Å². The van der Waals surface area contributed by atoms with Crippen LogP contribution < -0.4 is 11.1 Å².